The molecular formula is C13H18ClIN2O. The van der Waals surface area contributed by atoms with E-state index in [1.165, 1.54) is 0 Å². The average molecular weight is 381 g/mol. The number of nitrogens with one attached hydrogen (secondary N) is 1. The fourth-order valence-electron chi connectivity index (χ4n) is 1.64. The van der Waals surface area contributed by atoms with Crippen molar-refractivity contribution in [3.8, 4) is 0 Å². The van der Waals surface area contributed by atoms with Gasteiger partial charge in [-0.2, -0.15) is 0 Å². The Kier molecular flexibility index (Phi) is 6.96. The van der Waals surface area contributed by atoms with Crippen molar-refractivity contribution in [2.45, 2.75) is 32.2 Å². The van der Waals surface area contributed by atoms with E-state index >= 15 is 0 Å². The Morgan fingerprint density at radius 1 is 1.56 bits per heavy atom. The molecule has 0 aliphatic heterocycles. The lowest BCUT2D eigenvalue weighted by atomic mass is 10.1. The molecule has 100 valence electrons. The van der Waals surface area contributed by atoms with Gasteiger partial charge in [-0.25, -0.2) is 0 Å². The van der Waals surface area contributed by atoms with Gasteiger partial charge in [0.2, 0.25) is 0 Å². The molecule has 1 rings (SSSR count). The van der Waals surface area contributed by atoms with Gasteiger partial charge in [0.15, 0.2) is 0 Å². The van der Waals surface area contributed by atoms with Crippen LogP contribution in [0.25, 0.3) is 0 Å². The van der Waals surface area contributed by atoms with Gasteiger partial charge < -0.3 is 11.1 Å². The number of nitrogens with two attached hydrogens (primary N) is 1. The standard InChI is InChI=1S/C13H18ClIN2O/c1-2-3-4-10(8-16)17-13(18)11-6-5-9(15)7-12(11)14/h5-7,10H,2-4,8,16H2,1H3,(H,17,18). The minimum atomic E-state index is -0.150. The zero-order valence-corrected chi connectivity index (χ0v) is 13.3. The molecule has 0 aliphatic rings. The first kappa shape index (κ1) is 15.7. The van der Waals surface area contributed by atoms with Gasteiger partial charge in [0, 0.05) is 16.2 Å². The normalized spacial score (nSPS) is 12.2. The van der Waals surface area contributed by atoms with Crippen molar-refractivity contribution in [3.63, 3.8) is 0 Å². The van der Waals surface area contributed by atoms with E-state index < -0.39 is 0 Å². The van der Waals surface area contributed by atoms with Crippen LogP contribution in [0.4, 0.5) is 0 Å². The Bertz CT molecular complexity index is 412. The molecule has 0 saturated carbocycles. The van der Waals surface area contributed by atoms with Gasteiger partial charge >= 0.3 is 0 Å². The van der Waals surface area contributed by atoms with E-state index in [4.69, 9.17) is 17.3 Å². The summed E-state index contributed by atoms with van der Waals surface area (Å²) in [6.45, 7) is 2.57. The molecule has 1 atom stereocenters. The highest BCUT2D eigenvalue weighted by molar-refractivity contribution is 14.1. The van der Waals surface area contributed by atoms with Gasteiger partial charge in [-0.1, -0.05) is 31.4 Å². The Morgan fingerprint density at radius 2 is 2.28 bits per heavy atom. The molecule has 1 unspecified atom stereocenters. The molecule has 3 N–H and O–H groups in total. The summed E-state index contributed by atoms with van der Waals surface area (Å²) >= 11 is 8.22. The number of unbranched alkanes of at least 4 members (excludes halogenated alkanes) is 1. The Morgan fingerprint density at radius 3 is 2.83 bits per heavy atom. The van der Waals surface area contributed by atoms with Gasteiger partial charge in [0.1, 0.15) is 0 Å². The number of benzene rings is 1. The van der Waals surface area contributed by atoms with Crippen LogP contribution in [0, 0.1) is 3.57 Å². The van der Waals surface area contributed by atoms with Crippen LogP contribution in [0.1, 0.15) is 36.5 Å². The van der Waals surface area contributed by atoms with E-state index in [2.05, 4.69) is 34.8 Å². The lowest BCUT2D eigenvalue weighted by Gasteiger charge is -2.17. The van der Waals surface area contributed by atoms with Crippen LogP contribution in [0.5, 0.6) is 0 Å². The van der Waals surface area contributed by atoms with Crippen LogP contribution in [0.15, 0.2) is 18.2 Å². The van der Waals surface area contributed by atoms with Crippen LogP contribution in [0.3, 0.4) is 0 Å². The number of carbonyl (C=O) groups is 1. The summed E-state index contributed by atoms with van der Waals surface area (Å²) in [5, 5.41) is 3.40. The fourth-order valence-corrected chi connectivity index (χ4v) is 2.58. The second kappa shape index (κ2) is 7.96. The summed E-state index contributed by atoms with van der Waals surface area (Å²) in [5.41, 5.74) is 6.16. The second-order valence-corrected chi connectivity index (χ2v) is 5.83. The fraction of sp³-hybridized carbons (Fsp3) is 0.462. The summed E-state index contributed by atoms with van der Waals surface area (Å²) in [4.78, 5) is 12.1. The SMILES string of the molecule is CCCCC(CN)NC(=O)c1ccc(I)cc1Cl. The number of hydrogen-bond acceptors (Lipinski definition) is 2. The van der Waals surface area contributed by atoms with Gasteiger partial charge in [-0.15, -0.1) is 0 Å². The Hall–Kier alpha value is -0.330. The average Bonchev–Trinajstić information content (AvgIpc) is 2.34. The molecule has 0 fully saturated rings. The summed E-state index contributed by atoms with van der Waals surface area (Å²) in [6, 6.07) is 5.41. The molecule has 1 aromatic rings. The maximum absolute atomic E-state index is 12.1. The van der Waals surface area contributed by atoms with Crippen LogP contribution in [0.2, 0.25) is 5.02 Å². The van der Waals surface area contributed by atoms with Crippen molar-refractivity contribution >= 4 is 40.1 Å². The Balaban J connectivity index is 2.68. The van der Waals surface area contributed by atoms with Gasteiger partial charge in [0.25, 0.3) is 5.91 Å². The van der Waals surface area contributed by atoms with E-state index in [0.717, 1.165) is 22.8 Å². The number of carbonyl (C=O) groups excluding carboxylic acids is 1. The van der Waals surface area contributed by atoms with Crippen LogP contribution in [-0.4, -0.2) is 18.5 Å². The summed E-state index contributed by atoms with van der Waals surface area (Å²) < 4.78 is 1.01. The van der Waals surface area contributed by atoms with E-state index in [1.807, 2.05) is 6.07 Å². The molecule has 0 spiro atoms. The number of amides is 1. The first-order chi connectivity index (χ1) is 8.58. The predicted molar refractivity (Wildman–Crippen MR) is 84.0 cm³/mol. The molecule has 18 heavy (non-hydrogen) atoms. The molecule has 0 bridgehead atoms. The monoisotopic (exact) mass is 380 g/mol. The minimum Gasteiger partial charge on any atom is -0.348 e. The quantitative estimate of drug-likeness (QED) is 0.745. The zero-order valence-electron chi connectivity index (χ0n) is 10.4. The van der Waals surface area contributed by atoms with Crippen molar-refractivity contribution < 1.29 is 4.79 Å². The van der Waals surface area contributed by atoms with Gasteiger partial charge in [-0.3, -0.25) is 4.79 Å². The molecule has 0 aliphatic carbocycles. The van der Waals surface area contributed by atoms with Crippen LogP contribution >= 0.6 is 34.2 Å². The molecule has 0 heterocycles. The van der Waals surface area contributed by atoms with E-state index in [0.29, 0.717) is 17.1 Å². The number of halogens is 2. The molecule has 0 aromatic heterocycles. The smallest absolute Gasteiger partial charge is 0.253 e. The summed E-state index contributed by atoms with van der Waals surface area (Å²) in [5.74, 6) is -0.150. The summed E-state index contributed by atoms with van der Waals surface area (Å²) in [7, 11) is 0. The Labute approximate surface area is 127 Å². The molecule has 1 aromatic carbocycles. The van der Waals surface area contributed by atoms with Crippen molar-refractivity contribution in [1.82, 2.24) is 5.32 Å². The predicted octanol–water partition coefficient (Wildman–Crippen LogP) is 3.19. The molecule has 1 amide bonds. The highest BCUT2D eigenvalue weighted by Gasteiger charge is 2.14. The third-order valence-electron chi connectivity index (χ3n) is 2.70. The van der Waals surface area contributed by atoms with Crippen molar-refractivity contribution in [1.29, 1.82) is 0 Å². The third kappa shape index (κ3) is 4.74. The molecule has 3 nitrogen and oxygen atoms in total. The topological polar surface area (TPSA) is 55.1 Å². The second-order valence-electron chi connectivity index (χ2n) is 4.17. The molecule has 0 saturated heterocycles. The number of rotatable bonds is 6. The van der Waals surface area contributed by atoms with E-state index in [1.54, 1.807) is 12.1 Å². The molecule has 0 radical (unpaired) electrons. The van der Waals surface area contributed by atoms with Crippen molar-refractivity contribution in [3.05, 3.63) is 32.4 Å². The maximum atomic E-state index is 12.1. The van der Waals surface area contributed by atoms with Crippen LogP contribution < -0.4 is 11.1 Å². The minimum absolute atomic E-state index is 0.0211. The first-order valence-electron chi connectivity index (χ1n) is 6.04. The van der Waals surface area contributed by atoms with Crippen molar-refractivity contribution in [2.24, 2.45) is 5.73 Å². The van der Waals surface area contributed by atoms with Crippen molar-refractivity contribution in [2.75, 3.05) is 6.54 Å². The highest BCUT2D eigenvalue weighted by atomic mass is 127. The zero-order chi connectivity index (χ0) is 13.5. The molecule has 5 heteroatoms. The number of hydrogen-bond donors (Lipinski definition) is 2. The first-order valence-corrected chi connectivity index (χ1v) is 7.50. The van der Waals surface area contributed by atoms with Crippen LogP contribution in [-0.2, 0) is 0 Å². The van der Waals surface area contributed by atoms with Gasteiger partial charge in [0.05, 0.1) is 10.6 Å². The molecular weight excluding hydrogens is 363 g/mol. The largest absolute Gasteiger partial charge is 0.348 e. The lowest BCUT2D eigenvalue weighted by molar-refractivity contribution is 0.0936. The lowest BCUT2D eigenvalue weighted by Crippen LogP contribution is -2.40. The third-order valence-corrected chi connectivity index (χ3v) is 3.69. The van der Waals surface area contributed by atoms with E-state index in [9.17, 15) is 4.79 Å². The maximum Gasteiger partial charge on any atom is 0.253 e. The van der Waals surface area contributed by atoms with E-state index in [-0.39, 0.29) is 11.9 Å². The highest BCUT2D eigenvalue weighted by Crippen LogP contribution is 2.19. The van der Waals surface area contributed by atoms with Gasteiger partial charge in [-0.05, 0) is 47.2 Å². The summed E-state index contributed by atoms with van der Waals surface area (Å²) in [6.07, 6.45) is 3.06.